The lowest BCUT2D eigenvalue weighted by atomic mass is 10.0. The Kier molecular flexibility index (Phi) is 4.62. The SMILES string of the molecule is COCc1nn2c(-c3ccc4ccccc4c3)ccnc2c1-c1ccc(Br)cc1. The third-order valence-electron chi connectivity index (χ3n) is 5.05. The molecule has 29 heavy (non-hydrogen) atoms. The minimum absolute atomic E-state index is 0.423. The molecule has 0 fully saturated rings. The van der Waals surface area contributed by atoms with Crippen molar-refractivity contribution in [3.63, 3.8) is 0 Å². The predicted molar refractivity (Wildman–Crippen MR) is 120 cm³/mol. The van der Waals surface area contributed by atoms with Crippen molar-refractivity contribution in [1.82, 2.24) is 14.6 Å². The third kappa shape index (κ3) is 3.22. The average molecular weight is 444 g/mol. The summed E-state index contributed by atoms with van der Waals surface area (Å²) in [5, 5.41) is 7.30. The summed E-state index contributed by atoms with van der Waals surface area (Å²) in [5.41, 5.74) is 5.87. The summed E-state index contributed by atoms with van der Waals surface area (Å²) < 4.78 is 8.40. The Bertz CT molecular complexity index is 1330. The molecular weight excluding hydrogens is 426 g/mol. The van der Waals surface area contributed by atoms with Gasteiger partial charge in [-0.2, -0.15) is 5.10 Å². The summed E-state index contributed by atoms with van der Waals surface area (Å²) in [6, 6.07) is 25.1. The average Bonchev–Trinajstić information content (AvgIpc) is 3.12. The van der Waals surface area contributed by atoms with E-state index in [0.717, 1.165) is 38.2 Å². The van der Waals surface area contributed by atoms with Gasteiger partial charge in [-0.05, 0) is 40.6 Å². The monoisotopic (exact) mass is 443 g/mol. The molecule has 0 radical (unpaired) electrons. The lowest BCUT2D eigenvalue weighted by molar-refractivity contribution is 0.181. The van der Waals surface area contributed by atoms with Gasteiger partial charge in [0.05, 0.1) is 23.6 Å². The number of nitrogens with zero attached hydrogens (tertiary/aromatic N) is 3. The molecule has 142 valence electrons. The number of halogens is 1. The molecule has 0 saturated carbocycles. The molecule has 0 aliphatic heterocycles. The maximum absolute atomic E-state index is 5.43. The maximum atomic E-state index is 5.43. The molecule has 0 saturated heterocycles. The first-order valence-corrected chi connectivity index (χ1v) is 10.1. The molecule has 5 heteroatoms. The summed E-state index contributed by atoms with van der Waals surface area (Å²) >= 11 is 3.51. The van der Waals surface area contributed by atoms with Crippen LogP contribution in [0.5, 0.6) is 0 Å². The zero-order valence-electron chi connectivity index (χ0n) is 15.8. The van der Waals surface area contributed by atoms with E-state index in [1.807, 2.05) is 28.9 Å². The largest absolute Gasteiger partial charge is 0.378 e. The summed E-state index contributed by atoms with van der Waals surface area (Å²) in [5.74, 6) is 0. The quantitative estimate of drug-likeness (QED) is 0.335. The first-order chi connectivity index (χ1) is 14.2. The van der Waals surface area contributed by atoms with E-state index in [9.17, 15) is 0 Å². The zero-order valence-corrected chi connectivity index (χ0v) is 17.4. The Balaban J connectivity index is 1.75. The zero-order chi connectivity index (χ0) is 19.8. The molecule has 5 rings (SSSR count). The second kappa shape index (κ2) is 7.43. The van der Waals surface area contributed by atoms with Gasteiger partial charge in [0.25, 0.3) is 0 Å². The van der Waals surface area contributed by atoms with Crippen LogP contribution in [0.1, 0.15) is 5.69 Å². The van der Waals surface area contributed by atoms with E-state index in [0.29, 0.717) is 6.61 Å². The van der Waals surface area contributed by atoms with Gasteiger partial charge in [0.15, 0.2) is 5.65 Å². The highest BCUT2D eigenvalue weighted by Gasteiger charge is 2.18. The van der Waals surface area contributed by atoms with Crippen LogP contribution in [-0.2, 0) is 11.3 Å². The molecule has 0 aliphatic carbocycles. The topological polar surface area (TPSA) is 39.4 Å². The van der Waals surface area contributed by atoms with Gasteiger partial charge in [-0.1, -0.05) is 64.5 Å². The fourth-order valence-corrected chi connectivity index (χ4v) is 3.97. The van der Waals surface area contributed by atoms with Crippen molar-refractivity contribution in [2.45, 2.75) is 6.61 Å². The van der Waals surface area contributed by atoms with Crippen LogP contribution in [0.4, 0.5) is 0 Å². The molecule has 0 bridgehead atoms. The van der Waals surface area contributed by atoms with Crippen molar-refractivity contribution in [2.24, 2.45) is 0 Å². The molecule has 0 atom stereocenters. The second-order valence-electron chi connectivity index (χ2n) is 6.89. The third-order valence-corrected chi connectivity index (χ3v) is 5.58. The maximum Gasteiger partial charge on any atom is 0.163 e. The van der Waals surface area contributed by atoms with E-state index in [4.69, 9.17) is 9.84 Å². The second-order valence-corrected chi connectivity index (χ2v) is 7.80. The lowest BCUT2D eigenvalue weighted by Gasteiger charge is -2.07. The van der Waals surface area contributed by atoms with Gasteiger partial charge in [0.2, 0.25) is 0 Å². The first-order valence-electron chi connectivity index (χ1n) is 9.35. The van der Waals surface area contributed by atoms with Crippen LogP contribution in [0.3, 0.4) is 0 Å². The Morgan fingerprint density at radius 3 is 2.45 bits per heavy atom. The smallest absolute Gasteiger partial charge is 0.163 e. The van der Waals surface area contributed by atoms with Crippen molar-refractivity contribution >= 4 is 32.3 Å². The molecule has 2 aromatic heterocycles. The minimum Gasteiger partial charge on any atom is -0.378 e. The Labute approximate surface area is 176 Å². The van der Waals surface area contributed by atoms with Gasteiger partial charge >= 0.3 is 0 Å². The highest BCUT2D eigenvalue weighted by Crippen LogP contribution is 2.32. The highest BCUT2D eigenvalue weighted by molar-refractivity contribution is 9.10. The standard InChI is InChI=1S/C24H18BrN3O/c1-29-15-21-23(17-8-10-20(25)11-9-17)24-26-13-12-22(28(24)27-21)19-7-6-16-4-2-3-5-18(16)14-19/h2-14H,15H2,1H3. The molecule has 3 aromatic carbocycles. The number of methoxy groups -OCH3 is 1. The number of ether oxygens (including phenoxy) is 1. The molecule has 0 amide bonds. The van der Waals surface area contributed by atoms with Crippen molar-refractivity contribution < 1.29 is 4.74 Å². The molecule has 0 aliphatic rings. The first kappa shape index (κ1) is 18.0. The van der Waals surface area contributed by atoms with Crippen molar-refractivity contribution in [1.29, 1.82) is 0 Å². The van der Waals surface area contributed by atoms with Crippen LogP contribution >= 0.6 is 15.9 Å². The van der Waals surface area contributed by atoms with E-state index in [1.165, 1.54) is 10.8 Å². The normalized spacial score (nSPS) is 11.4. The van der Waals surface area contributed by atoms with Gasteiger partial charge < -0.3 is 4.74 Å². The Hall–Kier alpha value is -3.02. The molecule has 0 spiro atoms. The van der Waals surface area contributed by atoms with Crippen molar-refractivity contribution in [2.75, 3.05) is 7.11 Å². The minimum atomic E-state index is 0.423. The Morgan fingerprint density at radius 2 is 1.66 bits per heavy atom. The van der Waals surface area contributed by atoms with E-state index in [-0.39, 0.29) is 0 Å². The van der Waals surface area contributed by atoms with Gasteiger partial charge in [-0.3, -0.25) is 0 Å². The van der Waals surface area contributed by atoms with Gasteiger partial charge in [0.1, 0.15) is 0 Å². The van der Waals surface area contributed by atoms with Gasteiger partial charge in [-0.25, -0.2) is 9.50 Å². The molecule has 5 aromatic rings. The van der Waals surface area contributed by atoms with Crippen LogP contribution in [0, 0.1) is 0 Å². The molecule has 4 nitrogen and oxygen atoms in total. The Morgan fingerprint density at radius 1 is 0.897 bits per heavy atom. The van der Waals surface area contributed by atoms with Gasteiger partial charge in [-0.15, -0.1) is 0 Å². The molecule has 0 unspecified atom stereocenters. The van der Waals surface area contributed by atoms with E-state index in [2.05, 4.69) is 75.5 Å². The molecular formula is C24H18BrN3O. The van der Waals surface area contributed by atoms with E-state index >= 15 is 0 Å². The number of benzene rings is 3. The van der Waals surface area contributed by atoms with Crippen LogP contribution in [0.15, 0.2) is 83.5 Å². The molecule has 0 N–H and O–H groups in total. The fourth-order valence-electron chi connectivity index (χ4n) is 3.71. The fraction of sp³-hybridized carbons (Fsp3) is 0.0833. The summed E-state index contributed by atoms with van der Waals surface area (Å²) in [7, 11) is 1.69. The number of hydrogen-bond donors (Lipinski definition) is 0. The van der Waals surface area contributed by atoms with Crippen LogP contribution in [0.25, 0.3) is 38.8 Å². The van der Waals surface area contributed by atoms with E-state index < -0.39 is 0 Å². The van der Waals surface area contributed by atoms with Crippen LogP contribution < -0.4 is 0 Å². The summed E-state index contributed by atoms with van der Waals surface area (Å²) in [4.78, 5) is 4.66. The summed E-state index contributed by atoms with van der Waals surface area (Å²) in [6.07, 6.45) is 1.85. The number of fused-ring (bicyclic) bond motifs is 2. The van der Waals surface area contributed by atoms with Crippen molar-refractivity contribution in [3.05, 3.63) is 89.2 Å². The highest BCUT2D eigenvalue weighted by atomic mass is 79.9. The van der Waals surface area contributed by atoms with Crippen LogP contribution in [-0.4, -0.2) is 21.7 Å². The van der Waals surface area contributed by atoms with Crippen LogP contribution in [0.2, 0.25) is 0 Å². The number of rotatable bonds is 4. The van der Waals surface area contributed by atoms with Gasteiger partial charge in [0, 0.05) is 23.3 Å². The number of hydrogen-bond acceptors (Lipinski definition) is 3. The summed E-state index contributed by atoms with van der Waals surface area (Å²) in [6.45, 7) is 0.423. The predicted octanol–water partition coefficient (Wildman–Crippen LogP) is 6.13. The van der Waals surface area contributed by atoms with Crippen molar-refractivity contribution in [3.8, 4) is 22.4 Å². The van der Waals surface area contributed by atoms with E-state index in [1.54, 1.807) is 7.11 Å². The lowest BCUT2D eigenvalue weighted by Crippen LogP contribution is -1.96. The molecule has 2 heterocycles. The number of aromatic nitrogens is 3.